The Morgan fingerprint density at radius 2 is 2.00 bits per heavy atom. The number of ether oxygens (including phenoxy) is 1. The van der Waals surface area contributed by atoms with Crippen molar-refractivity contribution in [1.82, 2.24) is 15.2 Å². The molecule has 1 radical (unpaired) electrons. The Kier molecular flexibility index (Phi) is 4.58. The molecule has 1 aliphatic rings. The Hall–Kier alpha value is -1.13. The first-order valence-corrected chi connectivity index (χ1v) is 5.83. The lowest BCUT2D eigenvalue weighted by atomic mass is 10.3. The molecule has 0 amide bonds. The van der Waals surface area contributed by atoms with E-state index in [1.807, 2.05) is 12.1 Å². The van der Waals surface area contributed by atoms with Gasteiger partial charge in [0.1, 0.15) is 0 Å². The van der Waals surface area contributed by atoms with Gasteiger partial charge in [0.15, 0.2) is 0 Å². The Labute approximate surface area is 96.6 Å². The number of aromatic nitrogens is 1. The first-order valence-electron chi connectivity index (χ1n) is 5.83. The number of morpholine rings is 1. The van der Waals surface area contributed by atoms with Crippen LogP contribution in [0, 0.1) is 0 Å². The van der Waals surface area contributed by atoms with E-state index in [0.717, 1.165) is 51.5 Å². The number of rotatable bonds is 5. The van der Waals surface area contributed by atoms with Gasteiger partial charge in [-0.1, -0.05) is 0 Å². The summed E-state index contributed by atoms with van der Waals surface area (Å²) in [7, 11) is 0. The molecule has 4 heteroatoms. The molecule has 1 aliphatic heterocycles. The summed E-state index contributed by atoms with van der Waals surface area (Å²) < 4.78 is 5.30. The lowest BCUT2D eigenvalue weighted by Crippen LogP contribution is -2.37. The highest BCUT2D eigenvalue weighted by Gasteiger charge is 2.08. The van der Waals surface area contributed by atoms with E-state index in [0.29, 0.717) is 0 Å². The summed E-state index contributed by atoms with van der Waals surface area (Å²) in [5.74, 6) is 0. The van der Waals surface area contributed by atoms with Crippen molar-refractivity contribution in [3.8, 4) is 0 Å². The van der Waals surface area contributed by atoms with E-state index < -0.39 is 0 Å². The summed E-state index contributed by atoms with van der Waals surface area (Å²) in [6.45, 7) is 5.90. The van der Waals surface area contributed by atoms with Gasteiger partial charge < -0.3 is 4.74 Å². The molecule has 0 atom stereocenters. The monoisotopic (exact) mass is 220 g/mol. The van der Waals surface area contributed by atoms with Crippen LogP contribution in [-0.2, 0) is 4.74 Å². The minimum Gasteiger partial charge on any atom is -0.379 e. The molecule has 2 heterocycles. The molecule has 1 aromatic rings. The van der Waals surface area contributed by atoms with E-state index in [1.165, 1.54) is 0 Å². The summed E-state index contributed by atoms with van der Waals surface area (Å²) in [6.07, 6.45) is 4.67. The third kappa shape index (κ3) is 3.79. The van der Waals surface area contributed by atoms with Crippen molar-refractivity contribution in [2.75, 3.05) is 39.4 Å². The molecule has 1 aromatic heterocycles. The predicted molar refractivity (Wildman–Crippen MR) is 62.8 cm³/mol. The summed E-state index contributed by atoms with van der Waals surface area (Å²) in [5, 5.41) is 4.49. The minimum absolute atomic E-state index is 0.876. The van der Waals surface area contributed by atoms with Crippen LogP contribution in [0.5, 0.6) is 0 Å². The summed E-state index contributed by atoms with van der Waals surface area (Å²) in [4.78, 5) is 6.40. The maximum atomic E-state index is 5.30. The minimum atomic E-state index is 0.876. The zero-order chi connectivity index (χ0) is 11.1. The Morgan fingerprint density at radius 1 is 1.25 bits per heavy atom. The third-order valence-corrected chi connectivity index (χ3v) is 2.69. The molecule has 2 rings (SSSR count). The molecule has 87 valence electrons. The highest BCUT2D eigenvalue weighted by atomic mass is 16.5. The zero-order valence-corrected chi connectivity index (χ0v) is 9.51. The van der Waals surface area contributed by atoms with Gasteiger partial charge in [0, 0.05) is 38.6 Å². The number of pyridine rings is 1. The number of nitrogens with zero attached hydrogens (tertiary/aromatic N) is 3. The smallest absolute Gasteiger partial charge is 0.0604 e. The highest BCUT2D eigenvalue weighted by molar-refractivity contribution is 5.31. The molecule has 0 unspecified atom stereocenters. The first-order chi connectivity index (χ1) is 7.95. The van der Waals surface area contributed by atoms with Crippen molar-refractivity contribution in [2.45, 2.75) is 6.42 Å². The zero-order valence-electron chi connectivity index (χ0n) is 9.51. The van der Waals surface area contributed by atoms with Gasteiger partial charge in [-0.05, 0) is 18.6 Å². The van der Waals surface area contributed by atoms with Gasteiger partial charge in [-0.3, -0.25) is 15.2 Å². The fourth-order valence-corrected chi connectivity index (χ4v) is 1.78. The van der Waals surface area contributed by atoms with Gasteiger partial charge in [0.05, 0.1) is 18.9 Å². The average Bonchev–Trinajstić information content (AvgIpc) is 2.37. The summed E-state index contributed by atoms with van der Waals surface area (Å²) >= 11 is 0. The normalized spacial score (nSPS) is 17.2. The van der Waals surface area contributed by atoms with Crippen LogP contribution >= 0.6 is 0 Å². The van der Waals surface area contributed by atoms with Crippen molar-refractivity contribution in [3.63, 3.8) is 0 Å². The molecular weight excluding hydrogens is 202 g/mol. The van der Waals surface area contributed by atoms with Gasteiger partial charge in [0.2, 0.25) is 0 Å². The van der Waals surface area contributed by atoms with Gasteiger partial charge in [-0.25, -0.2) is 0 Å². The molecular formula is C12H18N3O. The van der Waals surface area contributed by atoms with Crippen LogP contribution in [0.3, 0.4) is 0 Å². The van der Waals surface area contributed by atoms with Crippen molar-refractivity contribution in [3.05, 3.63) is 24.5 Å². The van der Waals surface area contributed by atoms with Gasteiger partial charge in [0.25, 0.3) is 0 Å². The van der Waals surface area contributed by atoms with Crippen molar-refractivity contribution >= 4 is 5.69 Å². The van der Waals surface area contributed by atoms with Crippen LogP contribution in [0.15, 0.2) is 24.5 Å². The quantitative estimate of drug-likeness (QED) is 0.696. The molecule has 1 saturated heterocycles. The largest absolute Gasteiger partial charge is 0.379 e. The fraction of sp³-hybridized carbons (Fsp3) is 0.583. The average molecular weight is 220 g/mol. The van der Waals surface area contributed by atoms with Gasteiger partial charge >= 0.3 is 0 Å². The van der Waals surface area contributed by atoms with Gasteiger partial charge in [-0.15, -0.1) is 0 Å². The van der Waals surface area contributed by atoms with E-state index in [-0.39, 0.29) is 0 Å². The van der Waals surface area contributed by atoms with E-state index in [9.17, 15) is 0 Å². The van der Waals surface area contributed by atoms with Crippen molar-refractivity contribution < 1.29 is 4.74 Å². The molecule has 0 aliphatic carbocycles. The van der Waals surface area contributed by atoms with Crippen molar-refractivity contribution in [2.24, 2.45) is 0 Å². The molecule has 1 fully saturated rings. The number of hydrogen-bond acceptors (Lipinski definition) is 3. The standard InChI is InChI=1S/C12H18N3O/c1(7-15-8-10-16-11-9-15)4-14-12-2-5-13-6-3-12/h2-3,5-6H,1,4,7-11H2. The van der Waals surface area contributed by atoms with Crippen LogP contribution in [0.2, 0.25) is 0 Å². The van der Waals surface area contributed by atoms with Crippen LogP contribution in [0.25, 0.3) is 0 Å². The maximum absolute atomic E-state index is 5.30. The second-order valence-electron chi connectivity index (χ2n) is 3.89. The lowest BCUT2D eigenvalue weighted by Gasteiger charge is -2.26. The maximum Gasteiger partial charge on any atom is 0.0604 e. The fourth-order valence-electron chi connectivity index (χ4n) is 1.78. The number of hydrogen-bond donors (Lipinski definition) is 0. The van der Waals surface area contributed by atoms with E-state index >= 15 is 0 Å². The van der Waals surface area contributed by atoms with Crippen LogP contribution in [-0.4, -0.2) is 49.3 Å². The van der Waals surface area contributed by atoms with E-state index in [1.54, 1.807) is 12.4 Å². The van der Waals surface area contributed by atoms with Crippen LogP contribution in [0.1, 0.15) is 6.42 Å². The molecule has 0 aromatic carbocycles. The second-order valence-corrected chi connectivity index (χ2v) is 3.89. The SMILES string of the molecule is c1cc([N]CCCN2CCOCC2)ccn1. The topological polar surface area (TPSA) is 39.5 Å². The predicted octanol–water partition coefficient (Wildman–Crippen LogP) is 1.04. The van der Waals surface area contributed by atoms with Crippen LogP contribution in [0.4, 0.5) is 5.69 Å². The molecule has 0 N–H and O–H groups in total. The Morgan fingerprint density at radius 3 is 2.75 bits per heavy atom. The summed E-state index contributed by atoms with van der Waals surface area (Å²) in [6, 6.07) is 3.88. The Balaban J connectivity index is 1.58. The molecule has 4 nitrogen and oxygen atoms in total. The van der Waals surface area contributed by atoms with E-state index in [2.05, 4.69) is 15.2 Å². The van der Waals surface area contributed by atoms with E-state index in [4.69, 9.17) is 4.74 Å². The highest BCUT2D eigenvalue weighted by Crippen LogP contribution is 2.04. The molecule has 0 spiro atoms. The van der Waals surface area contributed by atoms with Gasteiger partial charge in [-0.2, -0.15) is 0 Å². The third-order valence-electron chi connectivity index (χ3n) is 2.69. The molecule has 0 saturated carbocycles. The molecule has 0 bridgehead atoms. The van der Waals surface area contributed by atoms with Crippen LogP contribution < -0.4 is 5.32 Å². The summed E-state index contributed by atoms with van der Waals surface area (Å²) in [5.41, 5.74) is 1.02. The molecule has 16 heavy (non-hydrogen) atoms. The first kappa shape index (κ1) is 11.4. The lowest BCUT2D eigenvalue weighted by molar-refractivity contribution is 0.0375. The Bertz CT molecular complexity index is 286. The van der Waals surface area contributed by atoms with Crippen molar-refractivity contribution in [1.29, 1.82) is 0 Å². The second kappa shape index (κ2) is 6.45.